The maximum absolute atomic E-state index is 13.7. The number of carboxylic acids is 1. The van der Waals surface area contributed by atoms with Gasteiger partial charge in [-0.05, 0) is 55.5 Å². The Hall–Kier alpha value is -4.62. The summed E-state index contributed by atoms with van der Waals surface area (Å²) < 4.78 is 46.6. The molecule has 4 heterocycles. The van der Waals surface area contributed by atoms with Crippen LogP contribution in [0.15, 0.2) is 47.0 Å². The van der Waals surface area contributed by atoms with Crippen LogP contribution in [-0.4, -0.2) is 77.0 Å². The molecule has 1 aromatic carbocycles. The third-order valence-electron chi connectivity index (χ3n) is 7.49. The number of benzene rings is 1. The van der Waals surface area contributed by atoms with Crippen molar-refractivity contribution in [3.8, 4) is 0 Å². The first kappa shape index (κ1) is 29.9. The number of pyridine rings is 1. The van der Waals surface area contributed by atoms with E-state index in [0.717, 1.165) is 12.8 Å². The second kappa shape index (κ2) is 12.3. The summed E-state index contributed by atoms with van der Waals surface area (Å²) in [6.07, 6.45) is -1.16. The highest BCUT2D eigenvalue weighted by molar-refractivity contribution is 6.03. The van der Waals surface area contributed by atoms with Crippen LogP contribution in [0.1, 0.15) is 63.2 Å². The third kappa shape index (κ3) is 6.89. The summed E-state index contributed by atoms with van der Waals surface area (Å²) in [6, 6.07) is 8.84. The molecular formula is C29H31F3N6O5. The number of alkyl halides is 3. The average Bonchev–Trinajstić information content (AvgIpc) is 3.31. The predicted molar refractivity (Wildman–Crippen MR) is 150 cm³/mol. The predicted octanol–water partition coefficient (Wildman–Crippen LogP) is 4.63. The number of carbonyl (C=O) groups is 3. The van der Waals surface area contributed by atoms with E-state index in [2.05, 4.69) is 15.3 Å². The second-order valence-corrected chi connectivity index (χ2v) is 10.7. The van der Waals surface area contributed by atoms with E-state index in [-0.39, 0.29) is 29.1 Å². The lowest BCUT2D eigenvalue weighted by molar-refractivity contribution is -0.141. The summed E-state index contributed by atoms with van der Waals surface area (Å²) in [6.45, 7) is 4.86. The number of rotatable bonds is 6. The zero-order chi connectivity index (χ0) is 30.7. The molecule has 0 aliphatic carbocycles. The molecular weight excluding hydrogens is 569 g/mol. The molecule has 11 nitrogen and oxygen atoms in total. The van der Waals surface area contributed by atoms with Crippen molar-refractivity contribution >= 4 is 35.3 Å². The van der Waals surface area contributed by atoms with Gasteiger partial charge in [0.05, 0.1) is 17.4 Å². The minimum absolute atomic E-state index is 0.0358. The number of aromatic nitrogens is 2. The highest BCUT2D eigenvalue weighted by atomic mass is 19.4. The topological polar surface area (TPSA) is 132 Å². The van der Waals surface area contributed by atoms with Gasteiger partial charge < -0.3 is 29.5 Å². The number of oxazole rings is 1. The molecule has 2 saturated heterocycles. The first-order valence-corrected chi connectivity index (χ1v) is 14.0. The van der Waals surface area contributed by atoms with Crippen LogP contribution in [0, 0.1) is 5.92 Å². The van der Waals surface area contributed by atoms with Gasteiger partial charge in [-0.25, -0.2) is 9.78 Å². The standard InChI is InChI=1S/C29H31F3N6O5/c1-18-5-3-10-38(17-18)28-35-24(29(30,31)32)23(43-28)25(39)34-21-8-9-22(33-16-21)36-11-4-12-37(14-13-36)26(40)19-6-2-7-20(15-19)27(41)42/h2,6-9,15-16,18H,3-5,10-14,17H2,1H3,(H,34,39)(H,41,42). The number of hydrogen-bond donors (Lipinski definition) is 2. The van der Waals surface area contributed by atoms with Crippen LogP contribution in [0.4, 0.5) is 30.7 Å². The minimum Gasteiger partial charge on any atom is -0.478 e. The lowest BCUT2D eigenvalue weighted by Gasteiger charge is -2.29. The summed E-state index contributed by atoms with van der Waals surface area (Å²) in [5.74, 6) is -2.53. The van der Waals surface area contributed by atoms with Crippen LogP contribution >= 0.6 is 0 Å². The van der Waals surface area contributed by atoms with Gasteiger partial charge in [0.1, 0.15) is 5.82 Å². The summed E-state index contributed by atoms with van der Waals surface area (Å²) in [7, 11) is 0. The zero-order valence-corrected chi connectivity index (χ0v) is 23.4. The molecule has 1 atom stereocenters. The fraction of sp³-hybridized carbons (Fsp3) is 0.414. The van der Waals surface area contributed by atoms with Gasteiger partial charge in [-0.3, -0.25) is 9.59 Å². The van der Waals surface area contributed by atoms with Crippen molar-refractivity contribution in [1.82, 2.24) is 14.9 Å². The smallest absolute Gasteiger partial charge is 0.437 e. The van der Waals surface area contributed by atoms with E-state index in [4.69, 9.17) is 4.42 Å². The van der Waals surface area contributed by atoms with Gasteiger partial charge in [0.2, 0.25) is 5.76 Å². The molecule has 2 amide bonds. The van der Waals surface area contributed by atoms with Crippen molar-refractivity contribution in [2.75, 3.05) is 54.4 Å². The van der Waals surface area contributed by atoms with E-state index >= 15 is 0 Å². The van der Waals surface area contributed by atoms with Gasteiger partial charge in [-0.15, -0.1) is 0 Å². The van der Waals surface area contributed by atoms with Crippen LogP contribution in [-0.2, 0) is 6.18 Å². The molecule has 0 radical (unpaired) electrons. The Morgan fingerprint density at radius 3 is 2.47 bits per heavy atom. The molecule has 228 valence electrons. The Bertz CT molecular complexity index is 1490. The number of halogens is 3. The average molecular weight is 601 g/mol. The molecule has 2 fully saturated rings. The van der Waals surface area contributed by atoms with Gasteiger partial charge in [-0.2, -0.15) is 18.2 Å². The third-order valence-corrected chi connectivity index (χ3v) is 7.49. The number of aromatic carboxylic acids is 1. The zero-order valence-electron chi connectivity index (χ0n) is 23.4. The van der Waals surface area contributed by atoms with Crippen LogP contribution in [0.2, 0.25) is 0 Å². The Morgan fingerprint density at radius 1 is 1.00 bits per heavy atom. The van der Waals surface area contributed by atoms with Crippen LogP contribution in [0.5, 0.6) is 0 Å². The molecule has 2 aliphatic rings. The highest BCUT2D eigenvalue weighted by Gasteiger charge is 2.42. The first-order chi connectivity index (χ1) is 20.5. The largest absolute Gasteiger partial charge is 0.478 e. The van der Waals surface area contributed by atoms with Crippen molar-refractivity contribution in [3.63, 3.8) is 0 Å². The van der Waals surface area contributed by atoms with E-state index in [1.165, 1.54) is 30.5 Å². The van der Waals surface area contributed by atoms with Crippen LogP contribution in [0.3, 0.4) is 0 Å². The molecule has 0 spiro atoms. The molecule has 5 rings (SSSR count). The molecule has 14 heteroatoms. The molecule has 0 saturated carbocycles. The maximum Gasteiger partial charge on any atom is 0.437 e. The molecule has 43 heavy (non-hydrogen) atoms. The van der Waals surface area contributed by atoms with Gasteiger partial charge in [0.25, 0.3) is 17.8 Å². The van der Waals surface area contributed by atoms with Gasteiger partial charge in [0, 0.05) is 44.8 Å². The Balaban J connectivity index is 1.23. The van der Waals surface area contributed by atoms with E-state index in [0.29, 0.717) is 57.1 Å². The SMILES string of the molecule is CC1CCCN(c2nc(C(F)(F)F)c(C(=O)Nc3ccc(N4CCCN(C(=O)c5cccc(C(=O)O)c5)CC4)nc3)o2)C1. The summed E-state index contributed by atoms with van der Waals surface area (Å²) in [5.41, 5.74) is -0.865. The van der Waals surface area contributed by atoms with E-state index in [1.807, 2.05) is 11.8 Å². The minimum atomic E-state index is -4.88. The van der Waals surface area contributed by atoms with Crippen molar-refractivity contribution in [2.45, 2.75) is 32.4 Å². The van der Waals surface area contributed by atoms with Crippen molar-refractivity contribution in [1.29, 1.82) is 0 Å². The number of nitrogens with zero attached hydrogens (tertiary/aromatic N) is 5. The summed E-state index contributed by atoms with van der Waals surface area (Å²) >= 11 is 0. The van der Waals surface area contributed by atoms with E-state index in [1.54, 1.807) is 21.9 Å². The monoisotopic (exact) mass is 600 g/mol. The highest BCUT2D eigenvalue weighted by Crippen LogP contribution is 2.35. The Kier molecular flexibility index (Phi) is 8.55. The lowest BCUT2D eigenvalue weighted by atomic mass is 10.0. The number of amides is 2. The summed E-state index contributed by atoms with van der Waals surface area (Å²) in [4.78, 5) is 50.4. The number of piperidine rings is 1. The van der Waals surface area contributed by atoms with Gasteiger partial charge in [-0.1, -0.05) is 13.0 Å². The molecule has 2 aliphatic heterocycles. The van der Waals surface area contributed by atoms with Crippen molar-refractivity contribution < 1.29 is 37.1 Å². The molecule has 0 bridgehead atoms. The van der Waals surface area contributed by atoms with Crippen molar-refractivity contribution in [3.05, 3.63) is 65.2 Å². The molecule has 3 aromatic rings. The van der Waals surface area contributed by atoms with E-state index in [9.17, 15) is 32.7 Å². The Morgan fingerprint density at radius 2 is 1.77 bits per heavy atom. The number of hydrogen-bond acceptors (Lipinski definition) is 8. The maximum atomic E-state index is 13.7. The first-order valence-electron chi connectivity index (χ1n) is 14.0. The van der Waals surface area contributed by atoms with Crippen molar-refractivity contribution in [2.24, 2.45) is 5.92 Å². The fourth-order valence-corrected chi connectivity index (χ4v) is 5.31. The number of carbonyl (C=O) groups excluding carboxylic acids is 2. The van der Waals surface area contributed by atoms with E-state index < -0.39 is 29.5 Å². The lowest BCUT2D eigenvalue weighted by Crippen LogP contribution is -2.35. The van der Waals surface area contributed by atoms with Crippen LogP contribution in [0.25, 0.3) is 0 Å². The quantitative estimate of drug-likeness (QED) is 0.416. The Labute approximate surface area is 245 Å². The fourth-order valence-electron chi connectivity index (χ4n) is 5.31. The normalized spacial score (nSPS) is 17.9. The number of anilines is 3. The number of carboxylic acid groups (broad SMARTS) is 1. The van der Waals surface area contributed by atoms with Gasteiger partial charge in [0.15, 0.2) is 5.69 Å². The molecule has 1 unspecified atom stereocenters. The second-order valence-electron chi connectivity index (χ2n) is 10.7. The number of nitrogens with one attached hydrogen (secondary N) is 1. The van der Waals surface area contributed by atoms with Crippen LogP contribution < -0.4 is 15.1 Å². The van der Waals surface area contributed by atoms with Gasteiger partial charge >= 0.3 is 12.1 Å². The molecule has 2 aromatic heterocycles. The summed E-state index contributed by atoms with van der Waals surface area (Å²) in [5, 5.41) is 11.6. The molecule has 2 N–H and O–H groups in total.